The van der Waals surface area contributed by atoms with Gasteiger partial charge < -0.3 is 5.32 Å². The van der Waals surface area contributed by atoms with Crippen molar-refractivity contribution in [1.82, 2.24) is 5.32 Å². The zero-order valence-electron chi connectivity index (χ0n) is 10.6. The second-order valence-corrected chi connectivity index (χ2v) is 5.06. The third-order valence-electron chi connectivity index (χ3n) is 3.44. The minimum absolute atomic E-state index is 0.0550. The van der Waals surface area contributed by atoms with Gasteiger partial charge in [0.15, 0.2) is 0 Å². The van der Waals surface area contributed by atoms with Crippen molar-refractivity contribution in [2.75, 3.05) is 6.54 Å². The van der Waals surface area contributed by atoms with Crippen LogP contribution in [0, 0.1) is 11.8 Å². The molecule has 2 atom stereocenters. The second kappa shape index (κ2) is 5.23. The molecule has 1 aromatic carbocycles. The van der Waals surface area contributed by atoms with Crippen molar-refractivity contribution in [3.05, 3.63) is 35.4 Å². The molecule has 0 saturated heterocycles. The molecule has 0 spiro atoms. The summed E-state index contributed by atoms with van der Waals surface area (Å²) in [5.74, 6) is 0.651. The fraction of sp³-hybridized carbons (Fsp3) is 0.500. The Labute approximate surface area is 110 Å². The van der Waals surface area contributed by atoms with Gasteiger partial charge in [-0.15, -0.1) is 0 Å². The third kappa shape index (κ3) is 3.72. The van der Waals surface area contributed by atoms with E-state index in [0.29, 0.717) is 18.9 Å². The molecule has 1 aliphatic carbocycles. The summed E-state index contributed by atoms with van der Waals surface area (Å²) in [6.07, 6.45) is -2.81. The molecule has 0 heterocycles. The van der Waals surface area contributed by atoms with Crippen LogP contribution in [0.1, 0.15) is 24.5 Å². The van der Waals surface area contributed by atoms with E-state index < -0.39 is 11.7 Å². The monoisotopic (exact) mass is 271 g/mol. The molecule has 2 nitrogen and oxygen atoms in total. The van der Waals surface area contributed by atoms with Crippen LogP contribution >= 0.6 is 0 Å². The van der Waals surface area contributed by atoms with Crippen molar-refractivity contribution < 1.29 is 18.0 Å². The summed E-state index contributed by atoms with van der Waals surface area (Å²) < 4.78 is 37.1. The van der Waals surface area contributed by atoms with Gasteiger partial charge in [-0.05, 0) is 36.5 Å². The molecule has 2 rings (SSSR count). The molecule has 0 radical (unpaired) electrons. The van der Waals surface area contributed by atoms with Gasteiger partial charge in [0.25, 0.3) is 0 Å². The molecular weight excluding hydrogens is 255 g/mol. The van der Waals surface area contributed by atoms with E-state index in [1.165, 1.54) is 12.1 Å². The molecular formula is C14H16F3NO. The van der Waals surface area contributed by atoms with Gasteiger partial charge in [0.2, 0.25) is 5.91 Å². The Balaban J connectivity index is 1.79. The van der Waals surface area contributed by atoms with E-state index in [0.717, 1.165) is 24.1 Å². The molecule has 1 aliphatic rings. The number of alkyl halides is 3. The highest BCUT2D eigenvalue weighted by molar-refractivity contribution is 5.81. The summed E-state index contributed by atoms with van der Waals surface area (Å²) in [7, 11) is 0. The summed E-state index contributed by atoms with van der Waals surface area (Å²) >= 11 is 0. The van der Waals surface area contributed by atoms with E-state index in [2.05, 4.69) is 5.32 Å². The van der Waals surface area contributed by atoms with Crippen molar-refractivity contribution in [3.63, 3.8) is 0 Å². The lowest BCUT2D eigenvalue weighted by molar-refractivity contribution is -0.137. The standard InChI is InChI=1S/C14H16F3NO/c1-9-8-12(9)13(19)18-7-6-10-2-4-11(5-3-10)14(15,16)17/h2-5,9,12H,6-8H2,1H3,(H,18,19)/t9-,12-/m1/s1. The first-order chi connectivity index (χ1) is 8.88. The lowest BCUT2D eigenvalue weighted by Gasteiger charge is -2.08. The maximum atomic E-state index is 12.4. The molecule has 0 unspecified atom stereocenters. The minimum atomic E-state index is -4.30. The van der Waals surface area contributed by atoms with Gasteiger partial charge in [0.1, 0.15) is 0 Å². The lowest BCUT2D eigenvalue weighted by atomic mass is 10.1. The van der Waals surface area contributed by atoms with Gasteiger partial charge in [-0.1, -0.05) is 19.1 Å². The topological polar surface area (TPSA) is 29.1 Å². The number of rotatable bonds is 4. The smallest absolute Gasteiger partial charge is 0.356 e. The summed E-state index contributed by atoms with van der Waals surface area (Å²) in [5, 5.41) is 2.81. The molecule has 104 valence electrons. The number of carbonyl (C=O) groups excluding carboxylic acids is 1. The third-order valence-corrected chi connectivity index (χ3v) is 3.44. The first-order valence-corrected chi connectivity index (χ1v) is 6.32. The maximum Gasteiger partial charge on any atom is 0.416 e. The largest absolute Gasteiger partial charge is 0.416 e. The van der Waals surface area contributed by atoms with Crippen LogP contribution in [0.2, 0.25) is 0 Å². The Morgan fingerprint density at radius 3 is 2.37 bits per heavy atom. The number of halogens is 3. The predicted molar refractivity (Wildman–Crippen MR) is 65.4 cm³/mol. The van der Waals surface area contributed by atoms with Crippen LogP contribution in [0.5, 0.6) is 0 Å². The summed E-state index contributed by atoms with van der Waals surface area (Å²) in [4.78, 5) is 11.5. The van der Waals surface area contributed by atoms with E-state index in [4.69, 9.17) is 0 Å². The summed E-state index contributed by atoms with van der Waals surface area (Å²) in [6, 6.07) is 5.05. The van der Waals surface area contributed by atoms with Crippen molar-refractivity contribution in [1.29, 1.82) is 0 Å². The zero-order valence-corrected chi connectivity index (χ0v) is 10.6. The first kappa shape index (κ1) is 13.9. The van der Waals surface area contributed by atoms with Gasteiger partial charge >= 0.3 is 6.18 Å². The Morgan fingerprint density at radius 2 is 1.89 bits per heavy atom. The van der Waals surface area contributed by atoms with Gasteiger partial charge in [0, 0.05) is 12.5 Å². The Bertz CT molecular complexity index is 453. The average molecular weight is 271 g/mol. The molecule has 1 aromatic rings. The Hall–Kier alpha value is -1.52. The van der Waals surface area contributed by atoms with E-state index >= 15 is 0 Å². The van der Waals surface area contributed by atoms with Crippen LogP contribution in [0.25, 0.3) is 0 Å². The zero-order chi connectivity index (χ0) is 14.0. The Kier molecular flexibility index (Phi) is 3.83. The molecule has 1 amide bonds. The lowest BCUT2D eigenvalue weighted by Crippen LogP contribution is -2.27. The normalized spacial score (nSPS) is 22.1. The van der Waals surface area contributed by atoms with Gasteiger partial charge in [-0.2, -0.15) is 13.2 Å². The molecule has 0 bridgehead atoms. The number of hydrogen-bond donors (Lipinski definition) is 1. The van der Waals surface area contributed by atoms with Crippen LogP contribution in [-0.4, -0.2) is 12.5 Å². The quantitative estimate of drug-likeness (QED) is 0.896. The second-order valence-electron chi connectivity index (χ2n) is 5.06. The van der Waals surface area contributed by atoms with Crippen molar-refractivity contribution in [2.45, 2.75) is 25.9 Å². The molecule has 0 aromatic heterocycles. The van der Waals surface area contributed by atoms with E-state index in [1.54, 1.807) is 0 Å². The molecule has 1 fully saturated rings. The van der Waals surface area contributed by atoms with Crippen LogP contribution in [0.4, 0.5) is 13.2 Å². The SMILES string of the molecule is C[C@@H]1C[C@H]1C(=O)NCCc1ccc(C(F)(F)F)cc1. The molecule has 19 heavy (non-hydrogen) atoms. The van der Waals surface area contributed by atoms with Crippen LogP contribution < -0.4 is 5.32 Å². The first-order valence-electron chi connectivity index (χ1n) is 6.32. The van der Waals surface area contributed by atoms with Crippen molar-refractivity contribution >= 4 is 5.91 Å². The van der Waals surface area contributed by atoms with E-state index in [-0.39, 0.29) is 11.8 Å². The van der Waals surface area contributed by atoms with Crippen LogP contribution in [0.15, 0.2) is 24.3 Å². The van der Waals surface area contributed by atoms with Gasteiger partial charge in [0.05, 0.1) is 5.56 Å². The van der Waals surface area contributed by atoms with Crippen LogP contribution in [0.3, 0.4) is 0 Å². The summed E-state index contributed by atoms with van der Waals surface area (Å²) in [5.41, 5.74) is 0.143. The number of amides is 1. The average Bonchev–Trinajstić information content (AvgIpc) is 3.06. The van der Waals surface area contributed by atoms with Gasteiger partial charge in [-0.25, -0.2) is 0 Å². The number of carbonyl (C=O) groups is 1. The summed E-state index contributed by atoms with van der Waals surface area (Å²) in [6.45, 7) is 2.49. The molecule has 0 aliphatic heterocycles. The highest BCUT2D eigenvalue weighted by Crippen LogP contribution is 2.37. The van der Waals surface area contributed by atoms with E-state index in [9.17, 15) is 18.0 Å². The Morgan fingerprint density at radius 1 is 1.32 bits per heavy atom. The number of benzene rings is 1. The fourth-order valence-corrected chi connectivity index (χ4v) is 2.01. The van der Waals surface area contributed by atoms with Crippen molar-refractivity contribution in [2.24, 2.45) is 11.8 Å². The fourth-order valence-electron chi connectivity index (χ4n) is 2.01. The van der Waals surface area contributed by atoms with Crippen molar-refractivity contribution in [3.8, 4) is 0 Å². The molecule has 1 N–H and O–H groups in total. The predicted octanol–water partition coefficient (Wildman–Crippen LogP) is 3.02. The minimum Gasteiger partial charge on any atom is -0.356 e. The van der Waals surface area contributed by atoms with Crippen LogP contribution in [-0.2, 0) is 17.4 Å². The number of hydrogen-bond acceptors (Lipinski definition) is 1. The molecule has 5 heteroatoms. The van der Waals surface area contributed by atoms with E-state index in [1.807, 2.05) is 6.92 Å². The maximum absolute atomic E-state index is 12.4. The highest BCUT2D eigenvalue weighted by atomic mass is 19.4. The molecule has 1 saturated carbocycles. The highest BCUT2D eigenvalue weighted by Gasteiger charge is 2.38. The van der Waals surface area contributed by atoms with Gasteiger partial charge in [-0.3, -0.25) is 4.79 Å². The number of nitrogens with one attached hydrogen (secondary N) is 1.